The van der Waals surface area contributed by atoms with Crippen LogP contribution in [-0.4, -0.2) is 36.3 Å². The van der Waals surface area contributed by atoms with Crippen molar-refractivity contribution in [2.75, 3.05) is 25.0 Å². The molecule has 1 aliphatic rings. The third kappa shape index (κ3) is 6.60. The molecule has 0 saturated carbocycles. The number of nitrogens with zero attached hydrogens (tertiary/aromatic N) is 1. The number of furan rings is 1. The lowest BCUT2D eigenvalue weighted by atomic mass is 9.96. The lowest BCUT2D eigenvalue weighted by Crippen LogP contribution is -2.43. The van der Waals surface area contributed by atoms with Crippen molar-refractivity contribution in [3.63, 3.8) is 0 Å². The van der Waals surface area contributed by atoms with Crippen LogP contribution >= 0.6 is 11.6 Å². The average Bonchev–Trinajstić information content (AvgIpc) is 3.34. The molecule has 0 aliphatic carbocycles. The molecule has 1 saturated heterocycles. The van der Waals surface area contributed by atoms with E-state index in [1.807, 2.05) is 18.2 Å². The number of carbonyl (C=O) groups excluding carboxylic acids is 2. The second-order valence-electron chi connectivity index (χ2n) is 7.95. The van der Waals surface area contributed by atoms with E-state index in [-0.39, 0.29) is 17.7 Å². The second-order valence-corrected chi connectivity index (χ2v) is 8.36. The minimum absolute atomic E-state index is 0.0367. The first-order chi connectivity index (χ1) is 16.1. The van der Waals surface area contributed by atoms with Crippen LogP contribution in [0.25, 0.3) is 0 Å². The molecule has 2 amide bonds. The normalized spacial score (nSPS) is 14.6. The van der Waals surface area contributed by atoms with Crippen molar-refractivity contribution in [1.29, 1.82) is 0 Å². The number of rotatable bonds is 8. The summed E-state index contributed by atoms with van der Waals surface area (Å²) >= 11 is 6.12. The summed E-state index contributed by atoms with van der Waals surface area (Å²) in [5.41, 5.74) is 0.693. The van der Waals surface area contributed by atoms with Gasteiger partial charge < -0.3 is 19.8 Å². The number of amides is 2. The molecular weight excluding hydrogens is 442 g/mol. The molecule has 33 heavy (non-hydrogen) atoms. The Hall–Kier alpha value is -3.29. The molecular formula is C25H26ClN3O4. The summed E-state index contributed by atoms with van der Waals surface area (Å²) in [6, 6.07) is 18.0. The number of para-hydroxylation sites is 1. The standard InChI is InChI=1S/C25H26ClN3O4/c26-22-5-1-2-6-23(22)33-20-9-7-19(8-10-20)28-24(30)17-29-13-11-18(12-14-29)25(31)27-16-21-4-3-15-32-21/h1-10,15,18H,11-14,16-17H2,(H,27,31)(H,28,30). The molecule has 1 fully saturated rings. The first kappa shape index (κ1) is 22.9. The summed E-state index contributed by atoms with van der Waals surface area (Å²) in [5.74, 6) is 1.86. The highest BCUT2D eigenvalue weighted by atomic mass is 35.5. The highest BCUT2D eigenvalue weighted by Gasteiger charge is 2.25. The summed E-state index contributed by atoms with van der Waals surface area (Å²) in [6.07, 6.45) is 3.05. The van der Waals surface area contributed by atoms with Crippen LogP contribution in [0.5, 0.6) is 11.5 Å². The SMILES string of the molecule is O=C(CN1CCC(C(=O)NCc2ccco2)CC1)Nc1ccc(Oc2ccccc2Cl)cc1. The van der Waals surface area contributed by atoms with Gasteiger partial charge in [0.05, 0.1) is 24.4 Å². The van der Waals surface area contributed by atoms with Crippen molar-refractivity contribution in [2.24, 2.45) is 5.92 Å². The fourth-order valence-corrected chi connectivity index (χ4v) is 3.92. The maximum absolute atomic E-state index is 12.5. The first-order valence-electron chi connectivity index (χ1n) is 10.9. The Morgan fingerprint density at radius 1 is 1.03 bits per heavy atom. The molecule has 0 radical (unpaired) electrons. The van der Waals surface area contributed by atoms with Gasteiger partial charge in [-0.3, -0.25) is 14.5 Å². The molecule has 3 aromatic rings. The van der Waals surface area contributed by atoms with Crippen molar-refractivity contribution >= 4 is 29.1 Å². The van der Waals surface area contributed by atoms with Crippen molar-refractivity contribution in [2.45, 2.75) is 19.4 Å². The van der Waals surface area contributed by atoms with Crippen molar-refractivity contribution < 1.29 is 18.7 Å². The molecule has 2 heterocycles. The number of benzene rings is 2. The van der Waals surface area contributed by atoms with Crippen LogP contribution in [0.1, 0.15) is 18.6 Å². The van der Waals surface area contributed by atoms with Gasteiger partial charge in [-0.25, -0.2) is 0 Å². The zero-order valence-corrected chi connectivity index (χ0v) is 18.9. The number of hydrogen-bond acceptors (Lipinski definition) is 5. The summed E-state index contributed by atoms with van der Waals surface area (Å²) < 4.78 is 11.0. The van der Waals surface area contributed by atoms with Crippen LogP contribution in [0.3, 0.4) is 0 Å². The smallest absolute Gasteiger partial charge is 0.238 e. The Morgan fingerprint density at radius 2 is 1.79 bits per heavy atom. The van der Waals surface area contributed by atoms with Crippen molar-refractivity contribution in [1.82, 2.24) is 10.2 Å². The Morgan fingerprint density at radius 3 is 2.48 bits per heavy atom. The number of nitrogens with one attached hydrogen (secondary N) is 2. The molecule has 0 unspecified atom stereocenters. The Kier molecular flexibility index (Phi) is 7.65. The number of ether oxygens (including phenoxy) is 1. The quantitative estimate of drug-likeness (QED) is 0.502. The van der Waals surface area contributed by atoms with E-state index in [4.69, 9.17) is 20.8 Å². The van der Waals surface area contributed by atoms with Gasteiger partial charge in [-0.05, 0) is 74.5 Å². The van der Waals surface area contributed by atoms with Crippen molar-refractivity contribution in [3.8, 4) is 11.5 Å². The predicted molar refractivity (Wildman–Crippen MR) is 126 cm³/mol. The molecule has 2 aromatic carbocycles. The first-order valence-corrected chi connectivity index (χ1v) is 11.3. The minimum Gasteiger partial charge on any atom is -0.467 e. The number of piperidine rings is 1. The zero-order chi connectivity index (χ0) is 23.0. The van der Waals surface area contributed by atoms with Crippen LogP contribution in [0, 0.1) is 5.92 Å². The van der Waals surface area contributed by atoms with E-state index in [0.29, 0.717) is 48.4 Å². The van der Waals surface area contributed by atoms with Gasteiger partial charge >= 0.3 is 0 Å². The molecule has 0 atom stereocenters. The largest absolute Gasteiger partial charge is 0.467 e. The third-order valence-electron chi connectivity index (χ3n) is 5.55. The van der Waals surface area contributed by atoms with Crippen LogP contribution in [0.2, 0.25) is 5.02 Å². The molecule has 1 aromatic heterocycles. The minimum atomic E-state index is -0.0875. The van der Waals surface area contributed by atoms with E-state index in [1.165, 1.54) is 0 Å². The maximum Gasteiger partial charge on any atom is 0.238 e. The predicted octanol–water partition coefficient (Wildman–Crippen LogP) is 4.69. The van der Waals surface area contributed by atoms with E-state index < -0.39 is 0 Å². The fraction of sp³-hybridized carbons (Fsp3) is 0.280. The Labute approximate surface area is 197 Å². The van der Waals surface area contributed by atoms with E-state index in [9.17, 15) is 9.59 Å². The van der Waals surface area contributed by atoms with Crippen LogP contribution < -0.4 is 15.4 Å². The topological polar surface area (TPSA) is 83.8 Å². The molecule has 8 heteroatoms. The number of anilines is 1. The van der Waals surface area contributed by atoms with Crippen molar-refractivity contribution in [3.05, 3.63) is 77.7 Å². The van der Waals surface area contributed by atoms with Crippen LogP contribution in [0.4, 0.5) is 5.69 Å². The molecule has 1 aliphatic heterocycles. The van der Waals surface area contributed by atoms with Crippen LogP contribution in [-0.2, 0) is 16.1 Å². The maximum atomic E-state index is 12.5. The number of likely N-dealkylation sites (tertiary alicyclic amines) is 1. The van der Waals surface area contributed by atoms with Gasteiger partial charge in [0.15, 0.2) is 0 Å². The molecule has 4 rings (SSSR count). The van der Waals surface area contributed by atoms with Gasteiger partial charge in [0.1, 0.15) is 17.3 Å². The fourth-order valence-electron chi connectivity index (χ4n) is 3.75. The number of carbonyl (C=O) groups is 2. The Balaban J connectivity index is 1.19. The van der Waals surface area contributed by atoms with Gasteiger partial charge in [0.25, 0.3) is 0 Å². The van der Waals surface area contributed by atoms with E-state index in [0.717, 1.165) is 18.6 Å². The zero-order valence-electron chi connectivity index (χ0n) is 18.1. The number of hydrogen-bond donors (Lipinski definition) is 2. The van der Waals surface area contributed by atoms with Gasteiger partial charge in [0, 0.05) is 11.6 Å². The van der Waals surface area contributed by atoms with Gasteiger partial charge in [0.2, 0.25) is 11.8 Å². The monoisotopic (exact) mass is 467 g/mol. The Bertz CT molecular complexity index is 1060. The van der Waals surface area contributed by atoms with Gasteiger partial charge in [-0.1, -0.05) is 23.7 Å². The molecule has 172 valence electrons. The van der Waals surface area contributed by atoms with Gasteiger partial charge in [-0.2, -0.15) is 0 Å². The highest BCUT2D eigenvalue weighted by molar-refractivity contribution is 6.32. The summed E-state index contributed by atoms with van der Waals surface area (Å²) in [4.78, 5) is 26.9. The molecule has 7 nitrogen and oxygen atoms in total. The summed E-state index contributed by atoms with van der Waals surface area (Å²) in [7, 11) is 0. The molecule has 2 N–H and O–H groups in total. The summed E-state index contributed by atoms with van der Waals surface area (Å²) in [6.45, 7) is 2.10. The van der Waals surface area contributed by atoms with Crippen LogP contribution in [0.15, 0.2) is 71.3 Å². The average molecular weight is 468 g/mol. The third-order valence-corrected chi connectivity index (χ3v) is 5.86. The van der Waals surface area contributed by atoms with E-state index >= 15 is 0 Å². The highest BCUT2D eigenvalue weighted by Crippen LogP contribution is 2.29. The number of halogens is 1. The van der Waals surface area contributed by atoms with E-state index in [2.05, 4.69) is 15.5 Å². The van der Waals surface area contributed by atoms with Gasteiger partial charge in [-0.15, -0.1) is 0 Å². The van der Waals surface area contributed by atoms with E-state index in [1.54, 1.807) is 48.7 Å². The lowest BCUT2D eigenvalue weighted by Gasteiger charge is -2.30. The lowest BCUT2D eigenvalue weighted by molar-refractivity contribution is -0.126. The molecule has 0 bridgehead atoms. The second kappa shape index (κ2) is 11.0. The summed E-state index contributed by atoms with van der Waals surface area (Å²) in [5, 5.41) is 6.36. The molecule has 0 spiro atoms.